The Hall–Kier alpha value is -2.11. The summed E-state index contributed by atoms with van der Waals surface area (Å²) in [5, 5.41) is 7.44. The SMILES string of the molecule is CCNc1ncnc(-n2ccc(C)n2)c1OC. The Morgan fingerprint density at radius 2 is 2.24 bits per heavy atom. The Labute approximate surface area is 99.7 Å². The molecule has 0 spiro atoms. The van der Waals surface area contributed by atoms with Gasteiger partial charge in [-0.25, -0.2) is 14.6 Å². The molecule has 0 aliphatic carbocycles. The molecule has 17 heavy (non-hydrogen) atoms. The van der Waals surface area contributed by atoms with Crippen LogP contribution in [0.15, 0.2) is 18.6 Å². The quantitative estimate of drug-likeness (QED) is 0.865. The standard InChI is InChI=1S/C11H15N5O/c1-4-12-10-9(17-3)11(14-7-13-10)16-6-5-8(2)15-16/h5-7H,4H2,1-3H3,(H,12,13,14). The minimum Gasteiger partial charge on any atom is -0.490 e. The molecule has 0 aliphatic rings. The smallest absolute Gasteiger partial charge is 0.206 e. The van der Waals surface area contributed by atoms with Crippen LogP contribution in [0.5, 0.6) is 5.75 Å². The molecule has 2 rings (SSSR count). The monoisotopic (exact) mass is 233 g/mol. The van der Waals surface area contributed by atoms with Gasteiger partial charge in [0.05, 0.1) is 12.8 Å². The summed E-state index contributed by atoms with van der Waals surface area (Å²) in [7, 11) is 1.60. The van der Waals surface area contributed by atoms with E-state index in [1.165, 1.54) is 6.33 Å². The highest BCUT2D eigenvalue weighted by Gasteiger charge is 2.13. The number of hydrogen-bond donors (Lipinski definition) is 1. The lowest BCUT2D eigenvalue weighted by Gasteiger charge is -2.11. The maximum absolute atomic E-state index is 5.34. The topological polar surface area (TPSA) is 64.9 Å². The molecule has 0 radical (unpaired) electrons. The van der Waals surface area contributed by atoms with E-state index in [-0.39, 0.29) is 0 Å². The molecule has 2 aromatic rings. The van der Waals surface area contributed by atoms with E-state index in [0.717, 1.165) is 12.2 Å². The normalized spacial score (nSPS) is 10.3. The van der Waals surface area contributed by atoms with Gasteiger partial charge >= 0.3 is 0 Å². The van der Waals surface area contributed by atoms with E-state index in [0.29, 0.717) is 17.4 Å². The van der Waals surface area contributed by atoms with Crippen LogP contribution < -0.4 is 10.1 Å². The van der Waals surface area contributed by atoms with E-state index < -0.39 is 0 Å². The zero-order chi connectivity index (χ0) is 12.3. The highest BCUT2D eigenvalue weighted by molar-refractivity contribution is 5.57. The van der Waals surface area contributed by atoms with E-state index in [9.17, 15) is 0 Å². The molecular weight excluding hydrogens is 218 g/mol. The van der Waals surface area contributed by atoms with Crippen molar-refractivity contribution in [2.45, 2.75) is 13.8 Å². The van der Waals surface area contributed by atoms with Crippen molar-refractivity contribution < 1.29 is 4.74 Å². The number of aryl methyl sites for hydroxylation is 1. The van der Waals surface area contributed by atoms with Crippen molar-refractivity contribution >= 4 is 5.82 Å². The molecule has 0 saturated carbocycles. The van der Waals surface area contributed by atoms with Crippen molar-refractivity contribution in [2.75, 3.05) is 19.0 Å². The summed E-state index contributed by atoms with van der Waals surface area (Å²) < 4.78 is 7.02. The van der Waals surface area contributed by atoms with Gasteiger partial charge in [-0.2, -0.15) is 5.10 Å². The Balaban J connectivity index is 2.49. The average molecular weight is 233 g/mol. The number of methoxy groups -OCH3 is 1. The van der Waals surface area contributed by atoms with Crippen LogP contribution in [0, 0.1) is 6.92 Å². The van der Waals surface area contributed by atoms with E-state index in [2.05, 4.69) is 20.4 Å². The van der Waals surface area contributed by atoms with Crippen LogP contribution in [0.4, 0.5) is 5.82 Å². The molecule has 6 nitrogen and oxygen atoms in total. The predicted molar refractivity (Wildman–Crippen MR) is 64.6 cm³/mol. The van der Waals surface area contributed by atoms with Crippen LogP contribution in [-0.4, -0.2) is 33.4 Å². The fourth-order valence-corrected chi connectivity index (χ4v) is 1.54. The maximum atomic E-state index is 5.34. The van der Waals surface area contributed by atoms with Gasteiger partial charge in [-0.15, -0.1) is 0 Å². The molecule has 90 valence electrons. The average Bonchev–Trinajstić information content (AvgIpc) is 2.76. The van der Waals surface area contributed by atoms with E-state index in [1.807, 2.05) is 26.1 Å². The highest BCUT2D eigenvalue weighted by Crippen LogP contribution is 2.26. The zero-order valence-electron chi connectivity index (χ0n) is 10.1. The minimum absolute atomic E-state index is 0.595. The van der Waals surface area contributed by atoms with Crippen molar-refractivity contribution in [3.05, 3.63) is 24.3 Å². The van der Waals surface area contributed by atoms with Gasteiger partial charge in [0.2, 0.25) is 11.6 Å². The Bertz CT molecular complexity index is 508. The van der Waals surface area contributed by atoms with E-state index >= 15 is 0 Å². The van der Waals surface area contributed by atoms with Crippen molar-refractivity contribution in [2.24, 2.45) is 0 Å². The zero-order valence-corrected chi connectivity index (χ0v) is 10.1. The molecule has 2 aromatic heterocycles. The highest BCUT2D eigenvalue weighted by atomic mass is 16.5. The fourth-order valence-electron chi connectivity index (χ4n) is 1.54. The van der Waals surface area contributed by atoms with Crippen molar-refractivity contribution in [3.63, 3.8) is 0 Å². The summed E-state index contributed by atoms with van der Waals surface area (Å²) in [6.45, 7) is 4.69. The Morgan fingerprint density at radius 1 is 1.41 bits per heavy atom. The number of aromatic nitrogens is 4. The number of anilines is 1. The number of nitrogens with one attached hydrogen (secondary N) is 1. The lowest BCUT2D eigenvalue weighted by atomic mass is 10.4. The van der Waals surface area contributed by atoms with E-state index in [1.54, 1.807) is 11.8 Å². The molecule has 0 amide bonds. The molecule has 0 atom stereocenters. The first-order valence-electron chi connectivity index (χ1n) is 5.41. The lowest BCUT2D eigenvalue weighted by Crippen LogP contribution is -2.08. The molecule has 0 aliphatic heterocycles. The molecular formula is C11H15N5O. The minimum atomic E-state index is 0.595. The number of nitrogens with zero attached hydrogens (tertiary/aromatic N) is 4. The molecule has 0 bridgehead atoms. The molecule has 1 N–H and O–H groups in total. The van der Waals surface area contributed by atoms with Gasteiger partial charge < -0.3 is 10.1 Å². The van der Waals surface area contributed by atoms with Gasteiger partial charge in [-0.05, 0) is 19.9 Å². The Kier molecular flexibility index (Phi) is 3.22. The van der Waals surface area contributed by atoms with Gasteiger partial charge in [0.1, 0.15) is 6.33 Å². The van der Waals surface area contributed by atoms with Gasteiger partial charge in [0, 0.05) is 12.7 Å². The first kappa shape index (κ1) is 11.4. The molecule has 0 fully saturated rings. The molecule has 0 saturated heterocycles. The van der Waals surface area contributed by atoms with Gasteiger partial charge in [0.15, 0.2) is 5.82 Å². The van der Waals surface area contributed by atoms with Crippen LogP contribution in [0.25, 0.3) is 5.82 Å². The van der Waals surface area contributed by atoms with Gasteiger partial charge in [-0.1, -0.05) is 0 Å². The van der Waals surface area contributed by atoms with Crippen LogP contribution in [0.1, 0.15) is 12.6 Å². The van der Waals surface area contributed by atoms with Gasteiger partial charge in [-0.3, -0.25) is 0 Å². The van der Waals surface area contributed by atoms with E-state index in [4.69, 9.17) is 4.74 Å². The summed E-state index contributed by atoms with van der Waals surface area (Å²) in [5.41, 5.74) is 0.927. The summed E-state index contributed by atoms with van der Waals surface area (Å²) in [5.74, 6) is 1.90. The first-order valence-corrected chi connectivity index (χ1v) is 5.41. The van der Waals surface area contributed by atoms with Crippen molar-refractivity contribution in [1.82, 2.24) is 19.7 Å². The van der Waals surface area contributed by atoms with Crippen LogP contribution >= 0.6 is 0 Å². The third-order valence-corrected chi connectivity index (χ3v) is 2.27. The second-order valence-corrected chi connectivity index (χ2v) is 3.51. The molecule has 6 heteroatoms. The molecule has 0 aromatic carbocycles. The predicted octanol–water partition coefficient (Wildman–Crippen LogP) is 1.41. The molecule has 2 heterocycles. The summed E-state index contributed by atoms with van der Waals surface area (Å²) >= 11 is 0. The van der Waals surface area contributed by atoms with Crippen molar-refractivity contribution in [1.29, 1.82) is 0 Å². The Morgan fingerprint density at radius 3 is 2.82 bits per heavy atom. The maximum Gasteiger partial charge on any atom is 0.206 e. The molecule has 0 unspecified atom stereocenters. The number of ether oxygens (including phenoxy) is 1. The largest absolute Gasteiger partial charge is 0.490 e. The lowest BCUT2D eigenvalue weighted by molar-refractivity contribution is 0.409. The number of hydrogen-bond acceptors (Lipinski definition) is 5. The summed E-state index contributed by atoms with van der Waals surface area (Å²) in [6.07, 6.45) is 3.34. The first-order chi connectivity index (χ1) is 8.26. The third kappa shape index (κ3) is 2.20. The van der Waals surface area contributed by atoms with Crippen molar-refractivity contribution in [3.8, 4) is 11.6 Å². The fraction of sp³-hybridized carbons (Fsp3) is 0.364. The second kappa shape index (κ2) is 4.82. The third-order valence-electron chi connectivity index (χ3n) is 2.27. The number of rotatable bonds is 4. The second-order valence-electron chi connectivity index (χ2n) is 3.51. The summed E-state index contributed by atoms with van der Waals surface area (Å²) in [4.78, 5) is 8.34. The van der Waals surface area contributed by atoms with Crippen LogP contribution in [0.3, 0.4) is 0 Å². The van der Waals surface area contributed by atoms with Crippen LogP contribution in [-0.2, 0) is 0 Å². The summed E-state index contributed by atoms with van der Waals surface area (Å²) in [6, 6.07) is 1.91. The van der Waals surface area contributed by atoms with Crippen LogP contribution in [0.2, 0.25) is 0 Å². The van der Waals surface area contributed by atoms with Gasteiger partial charge in [0.25, 0.3) is 0 Å².